The zero-order chi connectivity index (χ0) is 14.7. The molecule has 2 aromatic rings. The minimum Gasteiger partial charge on any atom is -0.325 e. The Labute approximate surface area is 119 Å². The van der Waals surface area contributed by atoms with Crippen molar-refractivity contribution in [2.45, 2.75) is 20.3 Å². The highest BCUT2D eigenvalue weighted by Crippen LogP contribution is 2.25. The molecule has 6 nitrogen and oxygen atoms in total. The lowest BCUT2D eigenvalue weighted by Gasteiger charge is -2.07. The molecule has 1 aromatic carbocycles. The van der Waals surface area contributed by atoms with Crippen LogP contribution in [0.25, 0.3) is 0 Å². The van der Waals surface area contributed by atoms with Gasteiger partial charge in [0.25, 0.3) is 5.69 Å². The third-order valence-electron chi connectivity index (χ3n) is 2.78. The summed E-state index contributed by atoms with van der Waals surface area (Å²) in [5.41, 5.74) is 1.59. The molecule has 0 fully saturated rings. The average molecular weight is 291 g/mol. The number of carbonyl (C=O) groups is 1. The van der Waals surface area contributed by atoms with Crippen LogP contribution in [0.15, 0.2) is 23.6 Å². The Kier molecular flexibility index (Phi) is 4.09. The molecule has 0 aliphatic carbocycles. The Morgan fingerprint density at radius 1 is 1.45 bits per heavy atom. The van der Waals surface area contributed by atoms with Gasteiger partial charge < -0.3 is 5.32 Å². The van der Waals surface area contributed by atoms with Gasteiger partial charge in [-0.15, -0.1) is 11.3 Å². The van der Waals surface area contributed by atoms with E-state index in [1.165, 1.54) is 17.4 Å². The van der Waals surface area contributed by atoms with Gasteiger partial charge in [-0.3, -0.25) is 14.9 Å². The minimum absolute atomic E-state index is 0.00713. The van der Waals surface area contributed by atoms with E-state index in [1.807, 2.05) is 12.3 Å². The van der Waals surface area contributed by atoms with E-state index >= 15 is 0 Å². The van der Waals surface area contributed by atoms with E-state index in [-0.39, 0.29) is 18.0 Å². The predicted octanol–water partition coefficient (Wildman–Crippen LogP) is 2.85. The van der Waals surface area contributed by atoms with Crippen molar-refractivity contribution in [2.75, 3.05) is 5.32 Å². The maximum atomic E-state index is 11.9. The highest BCUT2D eigenvalue weighted by atomic mass is 32.1. The van der Waals surface area contributed by atoms with Crippen LogP contribution in [-0.2, 0) is 11.2 Å². The summed E-state index contributed by atoms with van der Waals surface area (Å²) in [4.78, 5) is 26.5. The van der Waals surface area contributed by atoms with Crippen LogP contribution in [0, 0.1) is 24.0 Å². The van der Waals surface area contributed by atoms with Crippen molar-refractivity contribution in [1.82, 2.24) is 4.98 Å². The first-order chi connectivity index (χ1) is 9.47. The molecule has 0 saturated carbocycles. The van der Waals surface area contributed by atoms with Gasteiger partial charge in [0.15, 0.2) is 0 Å². The molecule has 7 heteroatoms. The van der Waals surface area contributed by atoms with Gasteiger partial charge in [-0.1, -0.05) is 6.07 Å². The van der Waals surface area contributed by atoms with Crippen molar-refractivity contribution >= 4 is 28.6 Å². The van der Waals surface area contributed by atoms with E-state index in [0.717, 1.165) is 5.01 Å². The SMILES string of the molecule is Cc1nc(CC(=O)Nc2cccc([N+](=O)[O-])c2C)cs1. The maximum Gasteiger partial charge on any atom is 0.274 e. The average Bonchev–Trinajstić information content (AvgIpc) is 2.77. The number of thiazole rings is 1. The number of nitrogens with one attached hydrogen (secondary N) is 1. The fourth-order valence-corrected chi connectivity index (χ4v) is 2.42. The molecule has 0 unspecified atom stereocenters. The third kappa shape index (κ3) is 3.18. The molecule has 0 radical (unpaired) electrons. The maximum absolute atomic E-state index is 11.9. The van der Waals surface area contributed by atoms with E-state index in [0.29, 0.717) is 16.9 Å². The van der Waals surface area contributed by atoms with Crippen LogP contribution >= 0.6 is 11.3 Å². The number of hydrogen-bond acceptors (Lipinski definition) is 5. The van der Waals surface area contributed by atoms with Crippen molar-refractivity contribution in [1.29, 1.82) is 0 Å². The number of nitro groups is 1. The van der Waals surface area contributed by atoms with Gasteiger partial charge in [-0.05, 0) is 19.9 Å². The topological polar surface area (TPSA) is 85.1 Å². The predicted molar refractivity (Wildman–Crippen MR) is 77.0 cm³/mol. The van der Waals surface area contributed by atoms with Gasteiger partial charge in [0, 0.05) is 11.4 Å². The molecular weight excluding hydrogens is 278 g/mol. The van der Waals surface area contributed by atoms with Crippen LogP contribution in [0.5, 0.6) is 0 Å². The Hall–Kier alpha value is -2.28. The summed E-state index contributed by atoms with van der Waals surface area (Å²) in [6.07, 6.45) is 0.159. The van der Waals surface area contributed by atoms with Crippen LogP contribution in [0.4, 0.5) is 11.4 Å². The molecule has 0 saturated heterocycles. The normalized spacial score (nSPS) is 10.3. The molecular formula is C13H13N3O3S. The van der Waals surface area contributed by atoms with Crippen molar-refractivity contribution in [3.05, 3.63) is 50.0 Å². The number of amides is 1. The van der Waals surface area contributed by atoms with E-state index < -0.39 is 4.92 Å². The van der Waals surface area contributed by atoms with Crippen molar-refractivity contribution in [3.63, 3.8) is 0 Å². The van der Waals surface area contributed by atoms with Crippen LogP contribution < -0.4 is 5.32 Å². The number of aryl methyl sites for hydroxylation is 1. The van der Waals surface area contributed by atoms with Crippen LogP contribution in [0.3, 0.4) is 0 Å². The lowest BCUT2D eigenvalue weighted by molar-refractivity contribution is -0.385. The molecule has 0 aliphatic rings. The van der Waals surface area contributed by atoms with Crippen molar-refractivity contribution in [2.24, 2.45) is 0 Å². The number of anilines is 1. The molecule has 1 amide bonds. The summed E-state index contributed by atoms with van der Waals surface area (Å²) in [6, 6.07) is 4.61. The molecule has 0 bridgehead atoms. The number of aromatic nitrogens is 1. The molecule has 20 heavy (non-hydrogen) atoms. The zero-order valence-corrected chi connectivity index (χ0v) is 11.9. The smallest absolute Gasteiger partial charge is 0.274 e. The number of nitro benzene ring substituents is 1. The summed E-state index contributed by atoms with van der Waals surface area (Å²) in [7, 11) is 0. The standard InChI is InChI=1S/C13H13N3O3S/c1-8-11(4-3-5-12(8)16(18)19)15-13(17)6-10-7-20-9(2)14-10/h3-5,7H,6H2,1-2H3,(H,15,17). The Balaban J connectivity index is 2.12. The number of benzene rings is 1. The second-order valence-electron chi connectivity index (χ2n) is 4.29. The summed E-state index contributed by atoms with van der Waals surface area (Å²) in [6.45, 7) is 3.48. The van der Waals surface area contributed by atoms with Crippen molar-refractivity contribution in [3.8, 4) is 0 Å². The molecule has 2 rings (SSSR count). The number of carbonyl (C=O) groups excluding carboxylic acids is 1. The zero-order valence-electron chi connectivity index (χ0n) is 11.0. The fraction of sp³-hybridized carbons (Fsp3) is 0.231. The van der Waals surface area contributed by atoms with E-state index in [1.54, 1.807) is 19.1 Å². The molecule has 0 spiro atoms. The van der Waals surface area contributed by atoms with Gasteiger partial charge in [0.05, 0.1) is 33.3 Å². The lowest BCUT2D eigenvalue weighted by atomic mass is 10.1. The summed E-state index contributed by atoms with van der Waals surface area (Å²) in [5, 5.41) is 16.3. The second-order valence-corrected chi connectivity index (χ2v) is 5.35. The van der Waals surface area contributed by atoms with E-state index in [9.17, 15) is 14.9 Å². The molecule has 0 atom stereocenters. The summed E-state index contributed by atoms with van der Waals surface area (Å²) >= 11 is 1.48. The van der Waals surface area contributed by atoms with Gasteiger partial charge in [0.2, 0.25) is 5.91 Å². The number of nitrogens with zero attached hydrogens (tertiary/aromatic N) is 2. The minimum atomic E-state index is -0.464. The van der Waals surface area contributed by atoms with Gasteiger partial charge >= 0.3 is 0 Å². The highest BCUT2D eigenvalue weighted by Gasteiger charge is 2.15. The van der Waals surface area contributed by atoms with Gasteiger partial charge in [0.1, 0.15) is 0 Å². The lowest BCUT2D eigenvalue weighted by Crippen LogP contribution is -2.15. The quantitative estimate of drug-likeness (QED) is 0.693. The monoisotopic (exact) mass is 291 g/mol. The van der Waals surface area contributed by atoms with Crippen LogP contribution in [0.1, 0.15) is 16.3 Å². The molecule has 1 heterocycles. The van der Waals surface area contributed by atoms with Gasteiger partial charge in [-0.2, -0.15) is 0 Å². The Morgan fingerprint density at radius 2 is 2.20 bits per heavy atom. The Morgan fingerprint density at radius 3 is 2.80 bits per heavy atom. The first-order valence-electron chi connectivity index (χ1n) is 5.92. The highest BCUT2D eigenvalue weighted by molar-refractivity contribution is 7.09. The van der Waals surface area contributed by atoms with Crippen LogP contribution in [0.2, 0.25) is 0 Å². The fourth-order valence-electron chi connectivity index (χ4n) is 1.80. The summed E-state index contributed by atoms with van der Waals surface area (Å²) in [5.74, 6) is -0.237. The third-order valence-corrected chi connectivity index (χ3v) is 3.61. The van der Waals surface area contributed by atoms with Gasteiger partial charge in [-0.25, -0.2) is 4.98 Å². The molecule has 1 aromatic heterocycles. The summed E-state index contributed by atoms with van der Waals surface area (Å²) < 4.78 is 0. The van der Waals surface area contributed by atoms with Crippen LogP contribution in [-0.4, -0.2) is 15.8 Å². The first kappa shape index (κ1) is 14.1. The van der Waals surface area contributed by atoms with Crippen molar-refractivity contribution < 1.29 is 9.72 Å². The number of rotatable bonds is 4. The molecule has 104 valence electrons. The van der Waals surface area contributed by atoms with E-state index in [4.69, 9.17) is 0 Å². The largest absolute Gasteiger partial charge is 0.325 e. The number of hydrogen-bond donors (Lipinski definition) is 1. The molecule has 1 N–H and O–H groups in total. The van der Waals surface area contributed by atoms with E-state index in [2.05, 4.69) is 10.3 Å². The first-order valence-corrected chi connectivity index (χ1v) is 6.80. The molecule has 0 aliphatic heterocycles. The second kappa shape index (κ2) is 5.79. The Bertz CT molecular complexity index is 667.